The van der Waals surface area contributed by atoms with Crippen molar-refractivity contribution >= 4 is 16.9 Å². The molecule has 0 saturated heterocycles. The van der Waals surface area contributed by atoms with Crippen molar-refractivity contribution in [2.45, 2.75) is 13.8 Å². The molecular formula is C13H12O4. The van der Waals surface area contributed by atoms with Gasteiger partial charge < -0.3 is 9.15 Å². The molecule has 0 fully saturated rings. The average Bonchev–Trinajstić information content (AvgIpc) is 2.31. The lowest BCUT2D eigenvalue weighted by Crippen LogP contribution is -2.17. The van der Waals surface area contributed by atoms with E-state index in [0.29, 0.717) is 11.0 Å². The van der Waals surface area contributed by atoms with Crippen molar-refractivity contribution in [3.63, 3.8) is 0 Å². The van der Waals surface area contributed by atoms with Crippen LogP contribution in [0.2, 0.25) is 0 Å². The highest BCUT2D eigenvalue weighted by Crippen LogP contribution is 2.15. The summed E-state index contributed by atoms with van der Waals surface area (Å²) in [4.78, 5) is 23.5. The average molecular weight is 232 g/mol. The second-order valence-electron chi connectivity index (χ2n) is 3.65. The summed E-state index contributed by atoms with van der Waals surface area (Å²) in [6.07, 6.45) is 1.16. The summed E-state index contributed by atoms with van der Waals surface area (Å²) in [5, 5.41) is 0.399. The highest BCUT2D eigenvalue weighted by molar-refractivity contribution is 5.93. The molecule has 4 nitrogen and oxygen atoms in total. The van der Waals surface area contributed by atoms with Gasteiger partial charge in [-0.05, 0) is 25.5 Å². The van der Waals surface area contributed by atoms with Gasteiger partial charge in [0.15, 0.2) is 0 Å². The zero-order valence-corrected chi connectivity index (χ0v) is 9.65. The van der Waals surface area contributed by atoms with Gasteiger partial charge in [-0.2, -0.15) is 0 Å². The Morgan fingerprint density at radius 3 is 2.88 bits per heavy atom. The summed E-state index contributed by atoms with van der Waals surface area (Å²) in [6.45, 7) is 3.75. The molecular weight excluding hydrogens is 220 g/mol. The molecule has 0 aliphatic heterocycles. The summed E-state index contributed by atoms with van der Waals surface area (Å²) in [5.74, 6) is -0.648. The summed E-state index contributed by atoms with van der Waals surface area (Å²) < 4.78 is 10.1. The fraction of sp³-hybridized carbons (Fsp3) is 0.231. The Hall–Kier alpha value is -2.10. The number of hydrogen-bond donors (Lipinski definition) is 0. The van der Waals surface area contributed by atoms with Crippen LogP contribution in [0.1, 0.15) is 22.8 Å². The van der Waals surface area contributed by atoms with Gasteiger partial charge in [0.05, 0.1) is 12.0 Å². The maximum Gasteiger partial charge on any atom is 0.345 e. The van der Waals surface area contributed by atoms with E-state index in [-0.39, 0.29) is 17.6 Å². The van der Waals surface area contributed by atoms with Gasteiger partial charge in [0, 0.05) is 0 Å². The van der Waals surface area contributed by atoms with E-state index in [1.165, 1.54) is 0 Å². The van der Waals surface area contributed by atoms with Crippen LogP contribution in [0.25, 0.3) is 11.0 Å². The fourth-order valence-electron chi connectivity index (χ4n) is 1.65. The second kappa shape index (κ2) is 4.41. The Morgan fingerprint density at radius 2 is 2.18 bits per heavy atom. The van der Waals surface area contributed by atoms with E-state index in [1.54, 1.807) is 19.1 Å². The van der Waals surface area contributed by atoms with Crippen molar-refractivity contribution in [2.24, 2.45) is 0 Å². The molecule has 2 rings (SSSR count). The first kappa shape index (κ1) is 11.4. The van der Waals surface area contributed by atoms with Crippen LogP contribution in [0.3, 0.4) is 0 Å². The van der Waals surface area contributed by atoms with Crippen molar-refractivity contribution in [1.82, 2.24) is 0 Å². The molecule has 0 aliphatic rings. The molecule has 0 N–H and O–H groups in total. The van der Waals surface area contributed by atoms with Crippen LogP contribution >= 0.6 is 0 Å². The first-order valence-electron chi connectivity index (χ1n) is 5.33. The molecule has 0 saturated carbocycles. The number of benzene rings is 1. The Labute approximate surface area is 97.8 Å². The fourth-order valence-corrected chi connectivity index (χ4v) is 1.65. The zero-order chi connectivity index (χ0) is 12.4. The quantitative estimate of drug-likeness (QED) is 0.745. The minimum Gasteiger partial charge on any atom is -0.463 e. The number of ether oxygens (including phenoxy) is 1. The standard InChI is InChI=1S/C13H12O4/c1-3-16-13(15)10-7-17-12-8(2)5-4-6-9(12)11(10)14/h4-7H,3H2,1-2H3. The molecule has 4 heteroatoms. The van der Waals surface area contributed by atoms with Crippen LogP contribution in [0.5, 0.6) is 0 Å². The van der Waals surface area contributed by atoms with Gasteiger partial charge in [0.1, 0.15) is 17.4 Å². The number of aryl methyl sites for hydroxylation is 1. The minimum atomic E-state index is -0.648. The molecule has 0 amide bonds. The molecule has 0 spiro atoms. The number of para-hydroxylation sites is 1. The summed E-state index contributed by atoms with van der Waals surface area (Å²) in [5.41, 5.74) is 0.943. The largest absolute Gasteiger partial charge is 0.463 e. The molecule has 2 aromatic rings. The molecule has 0 atom stereocenters. The van der Waals surface area contributed by atoms with Gasteiger partial charge in [-0.1, -0.05) is 12.1 Å². The highest BCUT2D eigenvalue weighted by Gasteiger charge is 2.15. The second-order valence-corrected chi connectivity index (χ2v) is 3.65. The van der Waals surface area contributed by atoms with E-state index < -0.39 is 5.97 Å². The molecule has 88 valence electrons. The minimum absolute atomic E-state index is 0.0649. The normalized spacial score (nSPS) is 10.5. The van der Waals surface area contributed by atoms with E-state index in [0.717, 1.165) is 11.8 Å². The Kier molecular flexibility index (Phi) is 2.95. The monoisotopic (exact) mass is 232 g/mol. The molecule has 1 heterocycles. The van der Waals surface area contributed by atoms with Gasteiger partial charge in [0.2, 0.25) is 5.43 Å². The lowest BCUT2D eigenvalue weighted by Gasteiger charge is -2.03. The van der Waals surface area contributed by atoms with Gasteiger partial charge in [-0.25, -0.2) is 4.79 Å². The van der Waals surface area contributed by atoms with Crippen molar-refractivity contribution in [1.29, 1.82) is 0 Å². The SMILES string of the molecule is CCOC(=O)c1coc2c(C)cccc2c1=O. The van der Waals surface area contributed by atoms with Gasteiger partial charge in [-0.15, -0.1) is 0 Å². The van der Waals surface area contributed by atoms with Crippen LogP contribution in [-0.2, 0) is 4.74 Å². The molecule has 0 bridgehead atoms. The van der Waals surface area contributed by atoms with E-state index in [2.05, 4.69) is 0 Å². The highest BCUT2D eigenvalue weighted by atomic mass is 16.5. The summed E-state index contributed by atoms with van der Waals surface area (Å²) in [7, 11) is 0. The Bertz CT molecular complexity index is 625. The third-order valence-corrected chi connectivity index (χ3v) is 2.49. The molecule has 0 radical (unpaired) electrons. The number of carbonyl (C=O) groups excluding carboxylic acids is 1. The van der Waals surface area contributed by atoms with Crippen LogP contribution in [-0.4, -0.2) is 12.6 Å². The number of hydrogen-bond acceptors (Lipinski definition) is 4. The van der Waals surface area contributed by atoms with Crippen LogP contribution in [0, 0.1) is 6.92 Å². The van der Waals surface area contributed by atoms with Crippen molar-refractivity contribution in [2.75, 3.05) is 6.61 Å². The smallest absolute Gasteiger partial charge is 0.345 e. The van der Waals surface area contributed by atoms with E-state index in [4.69, 9.17) is 9.15 Å². The summed E-state index contributed by atoms with van der Waals surface area (Å²) in [6, 6.07) is 5.23. The van der Waals surface area contributed by atoms with Crippen LogP contribution in [0.4, 0.5) is 0 Å². The summed E-state index contributed by atoms with van der Waals surface area (Å²) >= 11 is 0. The third kappa shape index (κ3) is 1.93. The zero-order valence-electron chi connectivity index (χ0n) is 9.65. The first-order valence-corrected chi connectivity index (χ1v) is 5.33. The molecule has 1 aromatic heterocycles. The van der Waals surface area contributed by atoms with Crippen molar-refractivity contribution < 1.29 is 13.9 Å². The topological polar surface area (TPSA) is 56.5 Å². The predicted molar refractivity (Wildman–Crippen MR) is 63.2 cm³/mol. The Morgan fingerprint density at radius 1 is 1.41 bits per heavy atom. The lowest BCUT2D eigenvalue weighted by molar-refractivity contribution is 0.0522. The number of carbonyl (C=O) groups is 1. The van der Waals surface area contributed by atoms with Gasteiger partial charge in [-0.3, -0.25) is 4.79 Å². The van der Waals surface area contributed by atoms with Crippen molar-refractivity contribution in [3.8, 4) is 0 Å². The number of esters is 1. The maximum atomic E-state index is 12.0. The van der Waals surface area contributed by atoms with Crippen LogP contribution in [0.15, 0.2) is 33.7 Å². The maximum absolute atomic E-state index is 12.0. The van der Waals surface area contributed by atoms with E-state index in [9.17, 15) is 9.59 Å². The predicted octanol–water partition coefficient (Wildman–Crippen LogP) is 2.28. The number of fused-ring (bicyclic) bond motifs is 1. The van der Waals surface area contributed by atoms with Crippen LogP contribution < -0.4 is 5.43 Å². The van der Waals surface area contributed by atoms with E-state index in [1.807, 2.05) is 13.0 Å². The van der Waals surface area contributed by atoms with E-state index >= 15 is 0 Å². The third-order valence-electron chi connectivity index (χ3n) is 2.49. The molecule has 0 aliphatic carbocycles. The molecule has 1 aromatic carbocycles. The Balaban J connectivity index is 2.67. The van der Waals surface area contributed by atoms with Gasteiger partial charge >= 0.3 is 5.97 Å². The lowest BCUT2D eigenvalue weighted by atomic mass is 10.1. The molecule has 0 unspecified atom stereocenters. The van der Waals surface area contributed by atoms with Crippen molar-refractivity contribution in [3.05, 3.63) is 45.8 Å². The van der Waals surface area contributed by atoms with Gasteiger partial charge in [0.25, 0.3) is 0 Å². The number of rotatable bonds is 2. The first-order chi connectivity index (χ1) is 8.15. The molecule has 17 heavy (non-hydrogen) atoms.